The zero-order valence-corrected chi connectivity index (χ0v) is 13.5. The first-order chi connectivity index (χ1) is 10.0. The number of aryl methyl sites for hydroxylation is 2. The highest BCUT2D eigenvalue weighted by molar-refractivity contribution is 7.89. The van der Waals surface area contributed by atoms with Crippen LogP contribution >= 0.6 is 0 Å². The van der Waals surface area contributed by atoms with Crippen molar-refractivity contribution in [3.05, 3.63) is 23.7 Å². The Bertz CT molecular complexity index is 604. The molecule has 1 aliphatic heterocycles. The van der Waals surface area contributed by atoms with Gasteiger partial charge in [-0.1, -0.05) is 18.6 Å². The van der Waals surface area contributed by atoms with E-state index in [-0.39, 0.29) is 5.03 Å². The molecule has 0 radical (unpaired) electrons. The first-order valence-corrected chi connectivity index (χ1v) is 8.93. The molecule has 118 valence electrons. The van der Waals surface area contributed by atoms with Gasteiger partial charge in [-0.15, -0.1) is 0 Å². The maximum Gasteiger partial charge on any atom is 0.259 e. The summed E-state index contributed by atoms with van der Waals surface area (Å²) in [6.07, 6.45) is 6.46. The van der Waals surface area contributed by atoms with E-state index < -0.39 is 10.0 Å². The van der Waals surface area contributed by atoms with Crippen LogP contribution in [0.5, 0.6) is 0 Å². The van der Waals surface area contributed by atoms with E-state index in [9.17, 15) is 8.42 Å². The van der Waals surface area contributed by atoms with E-state index in [1.165, 1.54) is 5.57 Å². The Morgan fingerprint density at radius 3 is 2.95 bits per heavy atom. The zero-order valence-electron chi connectivity index (χ0n) is 12.7. The molecule has 6 nitrogen and oxygen atoms in total. The molecule has 0 aromatic carbocycles. The van der Waals surface area contributed by atoms with Crippen LogP contribution in [-0.2, 0) is 16.6 Å². The van der Waals surface area contributed by atoms with Crippen LogP contribution in [0.2, 0.25) is 0 Å². The van der Waals surface area contributed by atoms with Crippen molar-refractivity contribution in [2.75, 3.05) is 19.6 Å². The van der Waals surface area contributed by atoms with Crippen molar-refractivity contribution in [3.8, 4) is 0 Å². The Balaban J connectivity index is 1.94. The summed E-state index contributed by atoms with van der Waals surface area (Å²) in [6, 6.07) is 0. The second-order valence-electron chi connectivity index (χ2n) is 5.28. The topological polar surface area (TPSA) is 76.0 Å². The molecule has 0 saturated carbocycles. The van der Waals surface area contributed by atoms with Gasteiger partial charge < -0.3 is 9.88 Å². The van der Waals surface area contributed by atoms with E-state index in [2.05, 4.69) is 28.0 Å². The van der Waals surface area contributed by atoms with Crippen LogP contribution in [0.15, 0.2) is 22.9 Å². The van der Waals surface area contributed by atoms with Gasteiger partial charge in [-0.2, -0.15) is 0 Å². The van der Waals surface area contributed by atoms with Crippen LogP contribution < -0.4 is 10.0 Å². The molecule has 0 aliphatic carbocycles. The molecule has 0 bridgehead atoms. The Kier molecular flexibility index (Phi) is 5.55. The largest absolute Gasteiger partial charge is 0.334 e. The predicted molar refractivity (Wildman–Crippen MR) is 82.6 cm³/mol. The molecular weight excluding hydrogens is 288 g/mol. The number of sulfonamides is 1. The summed E-state index contributed by atoms with van der Waals surface area (Å²) in [5.41, 5.74) is 1.31. The van der Waals surface area contributed by atoms with Gasteiger partial charge >= 0.3 is 0 Å². The average molecular weight is 312 g/mol. The minimum absolute atomic E-state index is 0.118. The van der Waals surface area contributed by atoms with Gasteiger partial charge in [0.25, 0.3) is 10.0 Å². The highest BCUT2D eigenvalue weighted by Gasteiger charge is 2.18. The van der Waals surface area contributed by atoms with Gasteiger partial charge in [-0.25, -0.2) is 18.1 Å². The molecular formula is C14H24N4O2S. The van der Waals surface area contributed by atoms with E-state index in [1.54, 1.807) is 6.20 Å². The molecule has 0 saturated heterocycles. The van der Waals surface area contributed by atoms with Crippen LogP contribution in [0.4, 0.5) is 0 Å². The monoisotopic (exact) mass is 312 g/mol. The Morgan fingerprint density at radius 1 is 1.48 bits per heavy atom. The van der Waals surface area contributed by atoms with E-state index in [1.807, 2.05) is 11.5 Å². The van der Waals surface area contributed by atoms with Crippen molar-refractivity contribution in [1.82, 2.24) is 19.6 Å². The summed E-state index contributed by atoms with van der Waals surface area (Å²) in [5.74, 6) is 0.735. The van der Waals surface area contributed by atoms with Gasteiger partial charge in [0.1, 0.15) is 5.82 Å². The second kappa shape index (κ2) is 7.20. The normalized spacial score (nSPS) is 16.0. The van der Waals surface area contributed by atoms with Crippen molar-refractivity contribution < 1.29 is 8.42 Å². The van der Waals surface area contributed by atoms with Gasteiger partial charge in [-0.05, 0) is 32.7 Å². The predicted octanol–water partition coefficient (Wildman–Crippen LogP) is 1.19. The standard InChI is InChI=1S/C14H24N4O2S/c1-3-10-18-11-14(17-12(18)2)21(19,20)16-9-6-13-4-7-15-8-5-13/h4,11,15-16H,3,5-10H2,1-2H3. The first kappa shape index (κ1) is 16.2. The molecule has 21 heavy (non-hydrogen) atoms. The van der Waals surface area contributed by atoms with Gasteiger partial charge in [-0.3, -0.25) is 0 Å². The summed E-state index contributed by atoms with van der Waals surface area (Å²) >= 11 is 0. The summed E-state index contributed by atoms with van der Waals surface area (Å²) in [6.45, 7) is 6.94. The lowest BCUT2D eigenvalue weighted by Crippen LogP contribution is -2.27. The van der Waals surface area contributed by atoms with Crippen molar-refractivity contribution in [2.24, 2.45) is 0 Å². The molecule has 1 aromatic rings. The first-order valence-electron chi connectivity index (χ1n) is 7.45. The molecule has 0 fully saturated rings. The van der Waals surface area contributed by atoms with Gasteiger partial charge in [0, 0.05) is 25.8 Å². The van der Waals surface area contributed by atoms with Crippen molar-refractivity contribution in [2.45, 2.75) is 44.7 Å². The SMILES string of the molecule is CCCn1cc(S(=O)(=O)NCCC2=CCNCC2)nc1C. The van der Waals surface area contributed by atoms with Gasteiger partial charge in [0.05, 0.1) is 0 Å². The Morgan fingerprint density at radius 2 is 2.29 bits per heavy atom. The average Bonchev–Trinajstić information content (AvgIpc) is 2.83. The molecule has 0 unspecified atom stereocenters. The molecule has 1 aromatic heterocycles. The molecule has 2 heterocycles. The zero-order chi connectivity index (χ0) is 15.3. The van der Waals surface area contributed by atoms with E-state index >= 15 is 0 Å². The third-order valence-electron chi connectivity index (χ3n) is 3.59. The molecule has 2 rings (SSSR count). The van der Waals surface area contributed by atoms with Crippen LogP contribution in [0.3, 0.4) is 0 Å². The van der Waals surface area contributed by atoms with Crippen LogP contribution in [-0.4, -0.2) is 37.6 Å². The van der Waals surface area contributed by atoms with E-state index in [4.69, 9.17) is 0 Å². The number of imidazole rings is 1. The van der Waals surface area contributed by atoms with E-state index in [0.29, 0.717) is 6.54 Å². The van der Waals surface area contributed by atoms with E-state index in [0.717, 1.165) is 44.7 Å². The number of hydrogen-bond donors (Lipinski definition) is 2. The number of nitrogens with zero attached hydrogens (tertiary/aromatic N) is 2. The molecule has 0 atom stereocenters. The lowest BCUT2D eigenvalue weighted by atomic mass is 10.1. The number of aromatic nitrogens is 2. The Labute approximate surface area is 126 Å². The quantitative estimate of drug-likeness (QED) is 0.742. The summed E-state index contributed by atoms with van der Waals surface area (Å²) < 4.78 is 29.0. The van der Waals surface area contributed by atoms with Crippen molar-refractivity contribution in [3.63, 3.8) is 0 Å². The molecule has 1 aliphatic rings. The van der Waals surface area contributed by atoms with Crippen LogP contribution in [0.25, 0.3) is 0 Å². The third kappa shape index (κ3) is 4.39. The molecule has 2 N–H and O–H groups in total. The third-order valence-corrected chi connectivity index (χ3v) is 4.92. The summed E-state index contributed by atoms with van der Waals surface area (Å²) in [7, 11) is -3.51. The minimum atomic E-state index is -3.51. The smallest absolute Gasteiger partial charge is 0.259 e. The molecule has 0 spiro atoms. The number of hydrogen-bond acceptors (Lipinski definition) is 4. The highest BCUT2D eigenvalue weighted by atomic mass is 32.2. The number of rotatable bonds is 7. The van der Waals surface area contributed by atoms with Gasteiger partial charge in [0.15, 0.2) is 5.03 Å². The van der Waals surface area contributed by atoms with Crippen molar-refractivity contribution >= 4 is 10.0 Å². The lowest BCUT2D eigenvalue weighted by molar-refractivity contribution is 0.576. The fourth-order valence-electron chi connectivity index (χ4n) is 2.39. The molecule has 0 amide bonds. The maximum atomic E-state index is 12.2. The maximum absolute atomic E-state index is 12.2. The number of nitrogens with one attached hydrogen (secondary N) is 2. The fraction of sp³-hybridized carbons (Fsp3) is 0.643. The molecule has 7 heteroatoms. The lowest BCUT2D eigenvalue weighted by Gasteiger charge is -2.13. The highest BCUT2D eigenvalue weighted by Crippen LogP contribution is 2.11. The second-order valence-corrected chi connectivity index (χ2v) is 7.00. The van der Waals surface area contributed by atoms with Crippen molar-refractivity contribution in [1.29, 1.82) is 0 Å². The summed E-state index contributed by atoms with van der Waals surface area (Å²) in [4.78, 5) is 4.15. The van der Waals surface area contributed by atoms with Crippen LogP contribution in [0.1, 0.15) is 32.0 Å². The van der Waals surface area contributed by atoms with Gasteiger partial charge in [0.2, 0.25) is 0 Å². The summed E-state index contributed by atoms with van der Waals surface area (Å²) in [5, 5.41) is 3.36. The van der Waals surface area contributed by atoms with Crippen LogP contribution in [0, 0.1) is 6.92 Å². The fourth-order valence-corrected chi connectivity index (χ4v) is 3.43. The minimum Gasteiger partial charge on any atom is -0.334 e. The Hall–Kier alpha value is -1.18.